The summed E-state index contributed by atoms with van der Waals surface area (Å²) < 4.78 is 5.57. The van der Waals surface area contributed by atoms with E-state index >= 15 is 0 Å². The summed E-state index contributed by atoms with van der Waals surface area (Å²) in [6.07, 6.45) is 3.47. The summed E-state index contributed by atoms with van der Waals surface area (Å²) >= 11 is 0. The van der Waals surface area contributed by atoms with Crippen LogP contribution >= 0.6 is 0 Å². The fourth-order valence-electron chi connectivity index (χ4n) is 2.50. The third-order valence-electron chi connectivity index (χ3n) is 3.89. The lowest BCUT2D eigenvalue weighted by Gasteiger charge is -2.09. The highest BCUT2D eigenvalue weighted by atomic mass is 16.5. The van der Waals surface area contributed by atoms with Gasteiger partial charge in [-0.2, -0.15) is 0 Å². The maximum absolute atomic E-state index is 12.4. The molecule has 4 heteroatoms. The molecule has 0 radical (unpaired) electrons. The number of benzene rings is 1. The second kappa shape index (κ2) is 6.88. The van der Waals surface area contributed by atoms with Gasteiger partial charge in [-0.1, -0.05) is 18.2 Å². The van der Waals surface area contributed by atoms with E-state index in [2.05, 4.69) is 10.3 Å². The fourth-order valence-corrected chi connectivity index (χ4v) is 2.50. The van der Waals surface area contributed by atoms with Crippen LogP contribution in [0.2, 0.25) is 0 Å². The van der Waals surface area contributed by atoms with Crippen LogP contribution in [0.15, 0.2) is 30.3 Å². The first-order chi connectivity index (χ1) is 10.7. The summed E-state index contributed by atoms with van der Waals surface area (Å²) in [6.45, 7) is 4.14. The average molecular weight is 298 g/mol. The molecule has 0 aliphatic heterocycles. The number of hydrogen-bond acceptors (Lipinski definition) is 3. The minimum absolute atomic E-state index is 0.0381. The molecule has 2 aromatic rings. The molecule has 0 saturated heterocycles. The van der Waals surface area contributed by atoms with Gasteiger partial charge in [-0.15, -0.1) is 0 Å². The highest BCUT2D eigenvalue weighted by Gasteiger charge is 2.20. The van der Waals surface area contributed by atoms with Crippen molar-refractivity contribution in [3.63, 3.8) is 0 Å². The Morgan fingerprint density at radius 1 is 1.36 bits per heavy atom. The molecule has 22 heavy (non-hydrogen) atoms. The SMILES string of the molecule is Cc1cc(C(=O)NCCCOCC2CC2)c2ccccc2n1. The zero-order chi connectivity index (χ0) is 15.4. The molecule has 1 saturated carbocycles. The standard InChI is InChI=1S/C18H22N2O2/c1-13-11-16(15-5-2-3-6-17(15)20-13)18(21)19-9-4-10-22-12-14-7-8-14/h2-3,5-6,11,14H,4,7-10,12H2,1H3,(H,19,21). The van der Waals surface area contributed by atoms with Gasteiger partial charge in [0.1, 0.15) is 0 Å². The Bertz CT molecular complexity index is 665. The molecule has 1 aliphatic carbocycles. The molecule has 0 atom stereocenters. The van der Waals surface area contributed by atoms with Gasteiger partial charge in [0.25, 0.3) is 5.91 Å². The van der Waals surface area contributed by atoms with Crippen LogP contribution in [0.5, 0.6) is 0 Å². The van der Waals surface area contributed by atoms with E-state index in [1.807, 2.05) is 37.3 Å². The van der Waals surface area contributed by atoms with Crippen LogP contribution in [-0.2, 0) is 4.74 Å². The van der Waals surface area contributed by atoms with Crippen molar-refractivity contribution < 1.29 is 9.53 Å². The quantitative estimate of drug-likeness (QED) is 0.799. The number of nitrogens with zero attached hydrogens (tertiary/aromatic N) is 1. The summed E-state index contributed by atoms with van der Waals surface area (Å²) in [5.74, 6) is 0.754. The molecule has 116 valence electrons. The van der Waals surface area contributed by atoms with Crippen molar-refractivity contribution in [2.75, 3.05) is 19.8 Å². The number of fused-ring (bicyclic) bond motifs is 1. The van der Waals surface area contributed by atoms with Crippen LogP contribution in [0.4, 0.5) is 0 Å². The zero-order valence-electron chi connectivity index (χ0n) is 13.0. The van der Waals surface area contributed by atoms with E-state index in [0.29, 0.717) is 18.7 Å². The Kier molecular flexibility index (Phi) is 4.68. The van der Waals surface area contributed by atoms with Crippen molar-refractivity contribution in [3.8, 4) is 0 Å². The van der Waals surface area contributed by atoms with Gasteiger partial charge in [-0.3, -0.25) is 9.78 Å². The van der Waals surface area contributed by atoms with Crippen LogP contribution in [-0.4, -0.2) is 30.6 Å². The monoisotopic (exact) mass is 298 g/mol. The van der Waals surface area contributed by atoms with Gasteiger partial charge in [0.15, 0.2) is 0 Å². The molecule has 1 fully saturated rings. The third kappa shape index (κ3) is 3.83. The van der Waals surface area contributed by atoms with E-state index in [1.165, 1.54) is 12.8 Å². The van der Waals surface area contributed by atoms with Crippen molar-refractivity contribution in [2.24, 2.45) is 5.92 Å². The number of aromatic nitrogens is 1. The maximum atomic E-state index is 12.4. The summed E-state index contributed by atoms with van der Waals surface area (Å²) in [5, 5.41) is 3.87. The Hall–Kier alpha value is -1.94. The number of carbonyl (C=O) groups is 1. The van der Waals surface area contributed by atoms with E-state index in [-0.39, 0.29) is 5.91 Å². The Labute approximate surface area is 130 Å². The van der Waals surface area contributed by atoms with Crippen LogP contribution < -0.4 is 5.32 Å². The molecule has 0 bridgehead atoms. The van der Waals surface area contributed by atoms with Crippen molar-refractivity contribution in [2.45, 2.75) is 26.2 Å². The molecule has 3 rings (SSSR count). The predicted octanol–water partition coefficient (Wildman–Crippen LogP) is 3.09. The number of hydrogen-bond donors (Lipinski definition) is 1. The zero-order valence-corrected chi connectivity index (χ0v) is 13.0. The van der Waals surface area contributed by atoms with Gasteiger partial charge in [-0.25, -0.2) is 0 Å². The van der Waals surface area contributed by atoms with Crippen molar-refractivity contribution in [1.29, 1.82) is 0 Å². The van der Waals surface area contributed by atoms with Crippen molar-refractivity contribution in [1.82, 2.24) is 10.3 Å². The minimum atomic E-state index is -0.0381. The largest absolute Gasteiger partial charge is 0.381 e. The number of para-hydroxylation sites is 1. The molecular formula is C18H22N2O2. The Morgan fingerprint density at radius 2 is 2.18 bits per heavy atom. The summed E-state index contributed by atoms with van der Waals surface area (Å²) in [7, 11) is 0. The van der Waals surface area contributed by atoms with E-state index in [0.717, 1.165) is 35.5 Å². The average Bonchev–Trinajstić information content (AvgIpc) is 3.33. The first-order valence-electron chi connectivity index (χ1n) is 7.96. The second-order valence-corrected chi connectivity index (χ2v) is 5.96. The van der Waals surface area contributed by atoms with Crippen LogP contribution in [0.3, 0.4) is 0 Å². The molecule has 1 aromatic carbocycles. The fraction of sp³-hybridized carbons (Fsp3) is 0.444. The Morgan fingerprint density at radius 3 is 3.00 bits per heavy atom. The van der Waals surface area contributed by atoms with Gasteiger partial charge < -0.3 is 10.1 Å². The molecule has 1 amide bonds. The minimum Gasteiger partial charge on any atom is -0.381 e. The topological polar surface area (TPSA) is 51.2 Å². The number of rotatable bonds is 7. The van der Waals surface area contributed by atoms with E-state index in [9.17, 15) is 4.79 Å². The molecule has 1 aromatic heterocycles. The highest BCUT2D eigenvalue weighted by molar-refractivity contribution is 6.06. The number of pyridine rings is 1. The lowest BCUT2D eigenvalue weighted by atomic mass is 10.1. The third-order valence-corrected chi connectivity index (χ3v) is 3.89. The number of nitrogens with one attached hydrogen (secondary N) is 1. The van der Waals surface area contributed by atoms with E-state index in [4.69, 9.17) is 4.74 Å². The van der Waals surface area contributed by atoms with E-state index in [1.54, 1.807) is 0 Å². The molecule has 0 unspecified atom stereocenters. The van der Waals surface area contributed by atoms with Gasteiger partial charge in [0, 0.05) is 30.8 Å². The molecule has 0 spiro atoms. The molecule has 1 aliphatic rings. The van der Waals surface area contributed by atoms with Crippen LogP contribution in [0.25, 0.3) is 10.9 Å². The van der Waals surface area contributed by atoms with Crippen LogP contribution in [0, 0.1) is 12.8 Å². The number of amides is 1. The number of ether oxygens (including phenoxy) is 1. The summed E-state index contributed by atoms with van der Waals surface area (Å²) in [4.78, 5) is 16.8. The second-order valence-electron chi connectivity index (χ2n) is 5.96. The van der Waals surface area contributed by atoms with Gasteiger partial charge in [-0.05, 0) is 44.2 Å². The van der Waals surface area contributed by atoms with Gasteiger partial charge in [0.2, 0.25) is 0 Å². The summed E-state index contributed by atoms with van der Waals surface area (Å²) in [5.41, 5.74) is 2.42. The summed E-state index contributed by atoms with van der Waals surface area (Å²) in [6, 6.07) is 9.59. The first-order valence-corrected chi connectivity index (χ1v) is 7.96. The van der Waals surface area contributed by atoms with Crippen LogP contribution in [0.1, 0.15) is 35.3 Å². The molecule has 1 N–H and O–H groups in total. The molecular weight excluding hydrogens is 276 g/mol. The molecule has 1 heterocycles. The maximum Gasteiger partial charge on any atom is 0.252 e. The predicted molar refractivity (Wildman–Crippen MR) is 87.0 cm³/mol. The smallest absolute Gasteiger partial charge is 0.252 e. The lowest BCUT2D eigenvalue weighted by molar-refractivity contribution is 0.0939. The molecule has 4 nitrogen and oxygen atoms in total. The number of aryl methyl sites for hydroxylation is 1. The highest BCUT2D eigenvalue weighted by Crippen LogP contribution is 2.28. The normalized spacial score (nSPS) is 14.2. The van der Waals surface area contributed by atoms with Gasteiger partial charge in [0.05, 0.1) is 11.1 Å². The lowest BCUT2D eigenvalue weighted by Crippen LogP contribution is -2.25. The van der Waals surface area contributed by atoms with Crippen molar-refractivity contribution >= 4 is 16.8 Å². The van der Waals surface area contributed by atoms with Gasteiger partial charge >= 0.3 is 0 Å². The first kappa shape index (κ1) is 15.0. The Balaban J connectivity index is 1.55. The number of carbonyl (C=O) groups excluding carboxylic acids is 1. The van der Waals surface area contributed by atoms with E-state index < -0.39 is 0 Å². The van der Waals surface area contributed by atoms with Crippen molar-refractivity contribution in [3.05, 3.63) is 41.6 Å².